The molecule has 1 N–H and O–H groups in total. The van der Waals surface area contributed by atoms with Crippen LogP contribution in [0, 0.1) is 0 Å². The Balaban J connectivity index is 2.09. The smallest absolute Gasteiger partial charge is 0.345 e. The van der Waals surface area contributed by atoms with Crippen molar-refractivity contribution in [3.63, 3.8) is 0 Å². The van der Waals surface area contributed by atoms with Crippen LogP contribution >= 0.6 is 0 Å². The maximum absolute atomic E-state index is 11.5. The van der Waals surface area contributed by atoms with Gasteiger partial charge in [0.05, 0.1) is 7.11 Å². The average Bonchev–Trinajstić information content (AvgIpc) is 2.54. The Hall–Kier alpha value is -2.49. The van der Waals surface area contributed by atoms with Gasteiger partial charge in [-0.2, -0.15) is 0 Å². The Bertz CT molecular complexity index is 666. The Morgan fingerprint density at radius 3 is 2.00 bits per heavy atom. The molecule has 0 amide bonds. The lowest BCUT2D eigenvalue weighted by Gasteiger charge is -2.20. The van der Waals surface area contributed by atoms with Crippen molar-refractivity contribution in [1.29, 1.82) is 0 Å². The molecule has 0 bridgehead atoms. The van der Waals surface area contributed by atoms with Crippen LogP contribution in [-0.4, -0.2) is 24.3 Å². The van der Waals surface area contributed by atoms with Gasteiger partial charge in [0.2, 0.25) is 0 Å². The van der Waals surface area contributed by atoms with Crippen molar-refractivity contribution in [1.82, 2.24) is 0 Å². The highest BCUT2D eigenvalue weighted by atomic mass is 16.5. The van der Waals surface area contributed by atoms with Crippen molar-refractivity contribution < 1.29 is 19.4 Å². The van der Waals surface area contributed by atoms with Crippen LogP contribution in [0.3, 0.4) is 0 Å². The van der Waals surface area contributed by atoms with Gasteiger partial charge in [0, 0.05) is 6.42 Å². The SMILES string of the molecule is COc1ccc(C[C@@H](Oc2ccc(C(C)(C)C)cc2)C(=O)O)cc1. The van der Waals surface area contributed by atoms with E-state index in [1.165, 1.54) is 5.56 Å². The summed E-state index contributed by atoms with van der Waals surface area (Å²) < 4.78 is 10.8. The van der Waals surface area contributed by atoms with Gasteiger partial charge >= 0.3 is 5.97 Å². The minimum Gasteiger partial charge on any atom is -0.497 e. The summed E-state index contributed by atoms with van der Waals surface area (Å²) >= 11 is 0. The Kier molecular flexibility index (Phi) is 5.50. The van der Waals surface area contributed by atoms with Crippen LogP contribution < -0.4 is 9.47 Å². The molecule has 0 heterocycles. The summed E-state index contributed by atoms with van der Waals surface area (Å²) in [7, 11) is 1.60. The zero-order chi connectivity index (χ0) is 17.7. The van der Waals surface area contributed by atoms with Crippen molar-refractivity contribution in [2.75, 3.05) is 7.11 Å². The number of aliphatic carboxylic acids is 1. The molecule has 0 aliphatic carbocycles. The van der Waals surface area contributed by atoms with Gasteiger partial charge < -0.3 is 14.6 Å². The molecule has 24 heavy (non-hydrogen) atoms. The molecule has 0 saturated carbocycles. The van der Waals surface area contributed by atoms with Crippen LogP contribution in [-0.2, 0) is 16.6 Å². The number of carboxylic acids is 1. The molecule has 2 rings (SSSR count). The zero-order valence-electron chi connectivity index (χ0n) is 14.6. The van der Waals surface area contributed by atoms with Crippen LogP contribution in [0.25, 0.3) is 0 Å². The fraction of sp³-hybridized carbons (Fsp3) is 0.350. The molecule has 4 nitrogen and oxygen atoms in total. The highest BCUT2D eigenvalue weighted by molar-refractivity contribution is 5.73. The van der Waals surface area contributed by atoms with E-state index in [1.54, 1.807) is 7.11 Å². The first kappa shape index (κ1) is 17.9. The Morgan fingerprint density at radius 2 is 1.54 bits per heavy atom. The summed E-state index contributed by atoms with van der Waals surface area (Å²) in [4.78, 5) is 11.5. The summed E-state index contributed by atoms with van der Waals surface area (Å²) in [6.07, 6.45) is -0.640. The summed E-state index contributed by atoms with van der Waals surface area (Å²) in [6, 6.07) is 14.9. The van der Waals surface area contributed by atoms with Crippen LogP contribution in [0.15, 0.2) is 48.5 Å². The topological polar surface area (TPSA) is 55.8 Å². The highest BCUT2D eigenvalue weighted by Gasteiger charge is 2.21. The first-order chi connectivity index (χ1) is 11.3. The lowest BCUT2D eigenvalue weighted by Crippen LogP contribution is -2.29. The molecule has 0 saturated heterocycles. The molecule has 0 unspecified atom stereocenters. The number of carboxylic acid groups (broad SMARTS) is 1. The van der Waals surface area contributed by atoms with E-state index in [0.717, 1.165) is 11.3 Å². The molecule has 0 aliphatic rings. The summed E-state index contributed by atoms with van der Waals surface area (Å²) in [5, 5.41) is 9.43. The molecular weight excluding hydrogens is 304 g/mol. The fourth-order valence-electron chi connectivity index (χ4n) is 2.35. The van der Waals surface area contributed by atoms with Gasteiger partial charge in [0.1, 0.15) is 11.5 Å². The maximum Gasteiger partial charge on any atom is 0.345 e. The normalized spacial score (nSPS) is 12.5. The van der Waals surface area contributed by atoms with E-state index in [0.29, 0.717) is 12.2 Å². The summed E-state index contributed by atoms with van der Waals surface area (Å²) in [5.74, 6) is 0.318. The van der Waals surface area contributed by atoms with Crippen LogP contribution in [0.4, 0.5) is 0 Å². The third-order valence-electron chi connectivity index (χ3n) is 3.85. The van der Waals surface area contributed by atoms with Gasteiger partial charge in [0.25, 0.3) is 0 Å². The number of methoxy groups -OCH3 is 1. The van der Waals surface area contributed by atoms with Gasteiger partial charge in [-0.25, -0.2) is 4.79 Å². The molecule has 0 radical (unpaired) electrons. The van der Waals surface area contributed by atoms with Gasteiger partial charge in [0.15, 0.2) is 6.10 Å². The number of hydrogen-bond donors (Lipinski definition) is 1. The second-order valence-corrected chi connectivity index (χ2v) is 6.77. The molecule has 0 aliphatic heterocycles. The highest BCUT2D eigenvalue weighted by Crippen LogP contribution is 2.25. The van der Waals surface area contributed by atoms with E-state index in [1.807, 2.05) is 48.5 Å². The zero-order valence-corrected chi connectivity index (χ0v) is 14.6. The van der Waals surface area contributed by atoms with Gasteiger partial charge in [-0.05, 0) is 40.8 Å². The third-order valence-corrected chi connectivity index (χ3v) is 3.85. The Labute approximate surface area is 143 Å². The maximum atomic E-state index is 11.5. The molecule has 4 heteroatoms. The molecule has 0 aromatic heterocycles. The van der Waals surface area contributed by atoms with Crippen molar-refractivity contribution >= 4 is 5.97 Å². The monoisotopic (exact) mass is 328 g/mol. The van der Waals surface area contributed by atoms with Crippen molar-refractivity contribution in [3.05, 3.63) is 59.7 Å². The number of rotatable bonds is 6. The van der Waals surface area contributed by atoms with Crippen molar-refractivity contribution in [3.8, 4) is 11.5 Å². The molecule has 2 aromatic carbocycles. The third kappa shape index (κ3) is 4.75. The van der Waals surface area contributed by atoms with Crippen molar-refractivity contribution in [2.45, 2.75) is 38.7 Å². The number of ether oxygens (including phenoxy) is 2. The van der Waals surface area contributed by atoms with E-state index in [4.69, 9.17) is 9.47 Å². The number of carbonyl (C=O) groups is 1. The lowest BCUT2D eigenvalue weighted by molar-refractivity contribution is -0.145. The lowest BCUT2D eigenvalue weighted by atomic mass is 9.87. The molecule has 2 aromatic rings. The van der Waals surface area contributed by atoms with Gasteiger partial charge in [-0.15, -0.1) is 0 Å². The largest absolute Gasteiger partial charge is 0.497 e. The fourth-order valence-corrected chi connectivity index (χ4v) is 2.35. The first-order valence-electron chi connectivity index (χ1n) is 7.92. The average molecular weight is 328 g/mol. The Morgan fingerprint density at radius 1 is 1.00 bits per heavy atom. The van der Waals surface area contributed by atoms with E-state index in [-0.39, 0.29) is 5.41 Å². The second-order valence-electron chi connectivity index (χ2n) is 6.77. The van der Waals surface area contributed by atoms with Crippen LogP contribution in [0.5, 0.6) is 11.5 Å². The molecule has 128 valence electrons. The predicted octanol–water partition coefficient (Wildman–Crippen LogP) is 4.07. The van der Waals surface area contributed by atoms with E-state index < -0.39 is 12.1 Å². The summed E-state index contributed by atoms with van der Waals surface area (Å²) in [6.45, 7) is 6.39. The molecule has 1 atom stereocenters. The van der Waals surface area contributed by atoms with E-state index >= 15 is 0 Å². The van der Waals surface area contributed by atoms with Gasteiger partial charge in [-0.3, -0.25) is 0 Å². The molecule has 0 spiro atoms. The van der Waals surface area contributed by atoms with E-state index in [2.05, 4.69) is 20.8 Å². The molecule has 0 fully saturated rings. The first-order valence-corrected chi connectivity index (χ1v) is 7.92. The van der Waals surface area contributed by atoms with Gasteiger partial charge in [-0.1, -0.05) is 45.0 Å². The van der Waals surface area contributed by atoms with Crippen LogP contribution in [0.1, 0.15) is 31.9 Å². The number of benzene rings is 2. The number of hydrogen-bond acceptors (Lipinski definition) is 3. The molecular formula is C20H24O4. The summed E-state index contributed by atoms with van der Waals surface area (Å²) in [5.41, 5.74) is 2.11. The minimum atomic E-state index is -0.981. The quantitative estimate of drug-likeness (QED) is 0.868. The predicted molar refractivity (Wildman–Crippen MR) is 93.9 cm³/mol. The van der Waals surface area contributed by atoms with Crippen molar-refractivity contribution in [2.24, 2.45) is 0 Å². The second kappa shape index (κ2) is 7.39. The van der Waals surface area contributed by atoms with E-state index in [9.17, 15) is 9.90 Å². The minimum absolute atomic E-state index is 0.0494. The van der Waals surface area contributed by atoms with Crippen LogP contribution in [0.2, 0.25) is 0 Å². The standard InChI is InChI=1S/C20H24O4/c1-20(2,3)15-7-11-17(12-8-15)24-18(19(21)22)13-14-5-9-16(23-4)10-6-14/h5-12,18H,13H2,1-4H3,(H,21,22)/t18-/m1/s1.